The molecule has 0 saturated carbocycles. The lowest BCUT2D eigenvalue weighted by Crippen LogP contribution is -2.34. The summed E-state index contributed by atoms with van der Waals surface area (Å²) in [6, 6.07) is 17.2. The molecule has 31 heavy (non-hydrogen) atoms. The van der Waals surface area contributed by atoms with Crippen molar-refractivity contribution in [2.75, 3.05) is 23.1 Å². The van der Waals surface area contributed by atoms with Crippen molar-refractivity contribution in [1.82, 2.24) is 15.3 Å². The normalized spacial score (nSPS) is 13.9. The van der Waals surface area contributed by atoms with Crippen LogP contribution in [0.4, 0.5) is 5.69 Å². The number of benzene rings is 2. The van der Waals surface area contributed by atoms with E-state index in [1.165, 1.54) is 22.3 Å². The molecular weight excluding hydrogens is 432 g/mol. The number of fused-ring (bicyclic) bond motifs is 3. The smallest absolute Gasteiger partial charge is 0.268 e. The number of carbonyl (C=O) groups is 1. The minimum Gasteiger partial charge on any atom is -0.355 e. The maximum atomic E-state index is 13.0. The number of hydrogen-bond donors (Lipinski definition) is 1. The van der Waals surface area contributed by atoms with Crippen LogP contribution in [-0.4, -0.2) is 43.1 Å². The second-order valence-electron chi connectivity index (χ2n) is 6.93. The van der Waals surface area contributed by atoms with Crippen molar-refractivity contribution in [2.45, 2.75) is 23.4 Å². The van der Waals surface area contributed by atoms with Crippen molar-refractivity contribution in [2.24, 2.45) is 0 Å². The van der Waals surface area contributed by atoms with Crippen molar-refractivity contribution >= 4 is 33.4 Å². The quantitative estimate of drug-likeness (QED) is 0.436. The van der Waals surface area contributed by atoms with Crippen LogP contribution in [-0.2, 0) is 21.2 Å². The molecule has 9 heteroatoms. The maximum absolute atomic E-state index is 13.0. The zero-order valence-electron chi connectivity index (χ0n) is 17.0. The zero-order chi connectivity index (χ0) is 21.8. The molecule has 1 N–H and O–H groups in total. The monoisotopic (exact) mass is 454 g/mol. The van der Waals surface area contributed by atoms with Crippen LogP contribution in [0.2, 0.25) is 0 Å². The van der Waals surface area contributed by atoms with Crippen LogP contribution in [0.3, 0.4) is 0 Å². The van der Waals surface area contributed by atoms with E-state index in [4.69, 9.17) is 0 Å². The second-order valence-corrected chi connectivity index (χ2v) is 9.70. The minimum atomic E-state index is -3.71. The molecule has 3 aromatic rings. The van der Waals surface area contributed by atoms with E-state index in [9.17, 15) is 13.2 Å². The average molecular weight is 455 g/mol. The van der Waals surface area contributed by atoms with Gasteiger partial charge < -0.3 is 5.32 Å². The predicted molar refractivity (Wildman–Crippen MR) is 122 cm³/mol. The molecule has 160 valence electrons. The number of nitrogens with one attached hydrogen (secondary N) is 1. The number of sulfonamides is 1. The zero-order valence-corrected chi connectivity index (χ0v) is 18.6. The molecule has 2 heterocycles. The Morgan fingerprint density at radius 2 is 1.84 bits per heavy atom. The van der Waals surface area contributed by atoms with Crippen LogP contribution in [0.15, 0.2) is 70.8 Å². The molecule has 1 aromatic heterocycles. The van der Waals surface area contributed by atoms with Crippen LogP contribution >= 0.6 is 11.8 Å². The highest BCUT2D eigenvalue weighted by Gasteiger charge is 2.35. The number of thioether (sulfide) groups is 1. The fraction of sp³-hybridized carbons (Fsp3) is 0.227. The molecule has 0 radical (unpaired) electrons. The molecule has 7 nitrogen and oxygen atoms in total. The summed E-state index contributed by atoms with van der Waals surface area (Å²) in [7, 11) is -3.71. The number of hydrogen-bond acceptors (Lipinski definition) is 6. The lowest BCUT2D eigenvalue weighted by molar-refractivity contribution is -0.118. The number of para-hydroxylation sites is 1. The molecule has 0 atom stereocenters. The fourth-order valence-electron chi connectivity index (χ4n) is 3.46. The molecule has 0 unspecified atom stereocenters. The molecule has 0 aliphatic carbocycles. The molecule has 0 fully saturated rings. The summed E-state index contributed by atoms with van der Waals surface area (Å²) in [5.41, 5.74) is 2.88. The van der Waals surface area contributed by atoms with E-state index in [1.54, 1.807) is 19.1 Å². The Bertz CT molecular complexity index is 1200. The van der Waals surface area contributed by atoms with E-state index in [0.717, 1.165) is 17.5 Å². The Balaban J connectivity index is 1.46. The van der Waals surface area contributed by atoms with Crippen molar-refractivity contribution in [3.8, 4) is 11.3 Å². The molecule has 1 aliphatic heterocycles. The van der Waals surface area contributed by atoms with Crippen molar-refractivity contribution < 1.29 is 13.2 Å². The van der Waals surface area contributed by atoms with Gasteiger partial charge in [0.05, 0.1) is 23.3 Å². The van der Waals surface area contributed by atoms with Gasteiger partial charge in [0, 0.05) is 18.7 Å². The van der Waals surface area contributed by atoms with Crippen LogP contribution in [0, 0.1) is 0 Å². The van der Waals surface area contributed by atoms with E-state index >= 15 is 0 Å². The first-order valence-electron chi connectivity index (χ1n) is 9.93. The van der Waals surface area contributed by atoms with Gasteiger partial charge in [-0.15, -0.1) is 0 Å². The number of anilines is 1. The van der Waals surface area contributed by atoms with E-state index in [0.29, 0.717) is 29.6 Å². The molecule has 4 rings (SSSR count). The third kappa shape index (κ3) is 4.42. The fourth-order valence-corrected chi connectivity index (χ4v) is 5.68. The number of rotatable bonds is 7. The molecule has 0 spiro atoms. The first-order valence-corrected chi connectivity index (χ1v) is 12.4. The van der Waals surface area contributed by atoms with Gasteiger partial charge in [0.1, 0.15) is 4.90 Å². The molecule has 0 saturated heterocycles. The highest BCUT2D eigenvalue weighted by molar-refractivity contribution is 7.99. The number of aromatic nitrogens is 2. The molecule has 2 aromatic carbocycles. The standard InChI is InChI=1S/C22H22N4O3S2/c1-2-26-18-11-7-6-10-17(18)21-19(31(26,28)29)14-24-22(25-21)30-15-20(27)23-13-12-16-8-4-3-5-9-16/h3-11,14H,2,12-13,15H2,1H3,(H,23,27). The Kier molecular flexibility index (Phi) is 6.24. The van der Waals surface area contributed by atoms with Gasteiger partial charge in [0.15, 0.2) is 5.16 Å². The lowest BCUT2D eigenvalue weighted by atomic mass is 10.1. The number of carbonyl (C=O) groups excluding carboxylic acids is 1. The highest BCUT2D eigenvalue weighted by Crippen LogP contribution is 2.41. The van der Waals surface area contributed by atoms with Crippen molar-refractivity contribution in [3.05, 3.63) is 66.4 Å². The van der Waals surface area contributed by atoms with Gasteiger partial charge in [-0.3, -0.25) is 9.10 Å². The van der Waals surface area contributed by atoms with Gasteiger partial charge in [-0.1, -0.05) is 60.3 Å². The summed E-state index contributed by atoms with van der Waals surface area (Å²) in [6.45, 7) is 2.66. The molecule has 1 aliphatic rings. The van der Waals surface area contributed by atoms with Crippen LogP contribution in [0.1, 0.15) is 12.5 Å². The number of amides is 1. The van der Waals surface area contributed by atoms with Crippen molar-refractivity contribution in [3.63, 3.8) is 0 Å². The Labute approximate surface area is 186 Å². The van der Waals surface area contributed by atoms with Gasteiger partial charge in [0.2, 0.25) is 5.91 Å². The summed E-state index contributed by atoms with van der Waals surface area (Å²) >= 11 is 1.19. The first-order chi connectivity index (χ1) is 15.0. The molecule has 0 bridgehead atoms. The van der Waals surface area contributed by atoms with Gasteiger partial charge in [-0.25, -0.2) is 18.4 Å². The summed E-state index contributed by atoms with van der Waals surface area (Å²) in [5, 5.41) is 3.26. The summed E-state index contributed by atoms with van der Waals surface area (Å²) in [4.78, 5) is 21.0. The third-order valence-electron chi connectivity index (χ3n) is 4.93. The lowest BCUT2D eigenvalue weighted by Gasteiger charge is -2.30. The van der Waals surface area contributed by atoms with E-state index in [1.807, 2.05) is 42.5 Å². The van der Waals surface area contributed by atoms with Gasteiger partial charge in [-0.2, -0.15) is 0 Å². The van der Waals surface area contributed by atoms with Crippen LogP contribution in [0.5, 0.6) is 0 Å². The van der Waals surface area contributed by atoms with E-state index < -0.39 is 10.0 Å². The maximum Gasteiger partial charge on any atom is 0.268 e. The third-order valence-corrected chi connectivity index (χ3v) is 7.68. The topological polar surface area (TPSA) is 92.3 Å². The largest absolute Gasteiger partial charge is 0.355 e. The highest BCUT2D eigenvalue weighted by atomic mass is 32.2. The van der Waals surface area contributed by atoms with E-state index in [2.05, 4.69) is 15.3 Å². The predicted octanol–water partition coefficient (Wildman–Crippen LogP) is 3.12. The van der Waals surface area contributed by atoms with Gasteiger partial charge in [-0.05, 0) is 25.0 Å². The van der Waals surface area contributed by atoms with Crippen LogP contribution in [0.25, 0.3) is 11.3 Å². The van der Waals surface area contributed by atoms with Gasteiger partial charge in [0.25, 0.3) is 10.0 Å². The van der Waals surface area contributed by atoms with E-state index in [-0.39, 0.29) is 16.6 Å². The summed E-state index contributed by atoms with van der Waals surface area (Å²) < 4.78 is 27.3. The van der Waals surface area contributed by atoms with Crippen molar-refractivity contribution in [1.29, 1.82) is 0 Å². The molecular formula is C22H22N4O3S2. The Morgan fingerprint density at radius 1 is 1.10 bits per heavy atom. The first kappa shape index (κ1) is 21.3. The summed E-state index contributed by atoms with van der Waals surface area (Å²) in [5.74, 6) is 0.0377. The molecule has 1 amide bonds. The summed E-state index contributed by atoms with van der Waals surface area (Å²) in [6.07, 6.45) is 2.10. The SMILES string of the molecule is CCN1c2ccccc2-c2nc(SCC(=O)NCCc3ccccc3)ncc2S1(=O)=O. The van der Waals surface area contributed by atoms with Gasteiger partial charge >= 0.3 is 0 Å². The second kappa shape index (κ2) is 9.07. The Morgan fingerprint density at radius 3 is 2.61 bits per heavy atom. The number of nitrogens with zero attached hydrogens (tertiary/aromatic N) is 3. The minimum absolute atomic E-state index is 0.0877. The Hall–Kier alpha value is -2.91. The average Bonchev–Trinajstić information content (AvgIpc) is 2.78. The van der Waals surface area contributed by atoms with Crippen LogP contribution < -0.4 is 9.62 Å².